The summed E-state index contributed by atoms with van der Waals surface area (Å²) in [6.07, 6.45) is 2.39. The Balaban J connectivity index is 1.97. The van der Waals surface area contributed by atoms with Crippen molar-refractivity contribution in [1.29, 1.82) is 0 Å². The summed E-state index contributed by atoms with van der Waals surface area (Å²) in [5.74, 6) is -0.0665. The molecule has 80 valence electrons. The van der Waals surface area contributed by atoms with Gasteiger partial charge in [0.05, 0.1) is 12.2 Å². The van der Waals surface area contributed by atoms with E-state index in [1.165, 1.54) is 0 Å². The predicted molar refractivity (Wildman–Crippen MR) is 56.1 cm³/mol. The topological polar surface area (TPSA) is 29.0 Å². The van der Waals surface area contributed by atoms with E-state index in [2.05, 4.69) is 10.2 Å². The van der Waals surface area contributed by atoms with Crippen molar-refractivity contribution in [1.82, 2.24) is 15.1 Å². The predicted octanol–water partition coefficient (Wildman–Crippen LogP) is 2.19. The summed E-state index contributed by atoms with van der Waals surface area (Å²) in [5, 5.41) is 8.05. The first-order chi connectivity index (χ1) is 7.24. The average Bonchev–Trinajstić information content (AvgIpc) is 2.22. The fourth-order valence-corrected chi connectivity index (χ4v) is 1.65. The number of nitrogens with zero attached hydrogens (tertiary/aromatic N) is 3. The molecule has 0 fully saturated rings. The first-order valence-electron chi connectivity index (χ1n) is 4.79. The third kappa shape index (κ3) is 2.97. The molecule has 0 N–H and O–H groups in total. The van der Waals surface area contributed by atoms with Gasteiger partial charge in [0.2, 0.25) is 0 Å². The maximum atomic E-state index is 13.0. The molecule has 0 bridgehead atoms. The average molecular weight is 228 g/mol. The molecular weight excluding hydrogens is 217 g/mol. The largest absolute Gasteiger partial charge is 0.291 e. The van der Waals surface area contributed by atoms with E-state index in [4.69, 9.17) is 11.6 Å². The Morgan fingerprint density at radius 1 is 1.40 bits per heavy atom. The number of aromatic nitrogens is 2. The van der Waals surface area contributed by atoms with Crippen LogP contribution in [0.5, 0.6) is 0 Å². The van der Waals surface area contributed by atoms with Gasteiger partial charge in [-0.3, -0.25) is 4.90 Å². The van der Waals surface area contributed by atoms with Crippen LogP contribution < -0.4 is 0 Å². The molecule has 0 saturated carbocycles. The van der Waals surface area contributed by atoms with Crippen molar-refractivity contribution in [3.8, 4) is 0 Å². The Labute approximate surface area is 92.6 Å². The third-order valence-electron chi connectivity index (χ3n) is 2.26. The van der Waals surface area contributed by atoms with Crippen molar-refractivity contribution in [2.75, 3.05) is 13.1 Å². The van der Waals surface area contributed by atoms with Crippen LogP contribution in [0.2, 0.25) is 5.15 Å². The van der Waals surface area contributed by atoms with Gasteiger partial charge >= 0.3 is 0 Å². The van der Waals surface area contributed by atoms with Crippen molar-refractivity contribution in [3.05, 3.63) is 34.9 Å². The molecule has 0 spiro atoms. The van der Waals surface area contributed by atoms with E-state index >= 15 is 0 Å². The summed E-state index contributed by atoms with van der Waals surface area (Å²) in [7, 11) is 0. The van der Waals surface area contributed by atoms with E-state index < -0.39 is 0 Å². The highest BCUT2D eigenvalue weighted by molar-refractivity contribution is 6.29. The second-order valence-corrected chi connectivity index (χ2v) is 3.88. The lowest BCUT2D eigenvalue weighted by atomic mass is 10.2. The molecule has 0 unspecified atom stereocenters. The van der Waals surface area contributed by atoms with Crippen LogP contribution in [0.15, 0.2) is 24.0 Å². The first kappa shape index (κ1) is 10.5. The van der Waals surface area contributed by atoms with Crippen molar-refractivity contribution in [3.63, 3.8) is 0 Å². The van der Waals surface area contributed by atoms with Crippen LogP contribution in [-0.4, -0.2) is 28.2 Å². The number of hydrogen-bond donors (Lipinski definition) is 0. The van der Waals surface area contributed by atoms with E-state index in [-0.39, 0.29) is 5.83 Å². The highest BCUT2D eigenvalue weighted by atomic mass is 35.5. The van der Waals surface area contributed by atoms with Crippen LogP contribution in [0.25, 0.3) is 0 Å². The summed E-state index contributed by atoms with van der Waals surface area (Å²) in [4.78, 5) is 1.99. The SMILES string of the molecule is FC1=CCCN(Cc2ccc(Cl)nn2)C1. The molecule has 0 aliphatic carbocycles. The van der Waals surface area contributed by atoms with E-state index in [1.807, 2.05) is 11.0 Å². The molecule has 0 atom stereocenters. The van der Waals surface area contributed by atoms with Gasteiger partial charge in [-0.1, -0.05) is 17.7 Å². The summed E-state index contributed by atoms with van der Waals surface area (Å²) in [6, 6.07) is 3.51. The summed E-state index contributed by atoms with van der Waals surface area (Å²) < 4.78 is 13.0. The molecule has 1 aliphatic heterocycles. The van der Waals surface area contributed by atoms with Crippen LogP contribution >= 0.6 is 11.6 Å². The monoisotopic (exact) mass is 227 g/mol. The second kappa shape index (κ2) is 4.68. The zero-order chi connectivity index (χ0) is 10.7. The highest BCUT2D eigenvalue weighted by Gasteiger charge is 2.13. The lowest BCUT2D eigenvalue weighted by Crippen LogP contribution is -2.29. The van der Waals surface area contributed by atoms with Crippen LogP contribution in [0.3, 0.4) is 0 Å². The lowest BCUT2D eigenvalue weighted by molar-refractivity contribution is 0.256. The number of hydrogen-bond acceptors (Lipinski definition) is 3. The molecule has 2 heterocycles. The third-order valence-corrected chi connectivity index (χ3v) is 2.46. The Morgan fingerprint density at radius 2 is 2.27 bits per heavy atom. The maximum Gasteiger partial charge on any atom is 0.151 e. The quantitative estimate of drug-likeness (QED) is 0.776. The van der Waals surface area contributed by atoms with Crippen LogP contribution in [0.1, 0.15) is 12.1 Å². The van der Waals surface area contributed by atoms with E-state index in [9.17, 15) is 4.39 Å². The fourth-order valence-electron chi connectivity index (χ4n) is 1.55. The van der Waals surface area contributed by atoms with Crippen LogP contribution in [-0.2, 0) is 6.54 Å². The first-order valence-corrected chi connectivity index (χ1v) is 5.17. The smallest absolute Gasteiger partial charge is 0.151 e. The van der Waals surface area contributed by atoms with E-state index in [1.54, 1.807) is 12.1 Å². The number of halogens is 2. The molecule has 5 heteroatoms. The van der Waals surface area contributed by atoms with Gasteiger partial charge in [0.25, 0.3) is 0 Å². The Morgan fingerprint density at radius 3 is 2.93 bits per heavy atom. The van der Waals surface area contributed by atoms with Gasteiger partial charge in [-0.2, -0.15) is 5.10 Å². The second-order valence-electron chi connectivity index (χ2n) is 3.50. The van der Waals surface area contributed by atoms with Gasteiger partial charge in [0, 0.05) is 13.1 Å². The Hall–Kier alpha value is -1.00. The molecule has 1 aromatic rings. The van der Waals surface area contributed by atoms with Gasteiger partial charge < -0.3 is 0 Å². The minimum atomic E-state index is -0.0665. The minimum Gasteiger partial charge on any atom is -0.291 e. The molecule has 1 aromatic heterocycles. The van der Waals surface area contributed by atoms with E-state index in [0.717, 1.165) is 18.7 Å². The molecule has 0 amide bonds. The van der Waals surface area contributed by atoms with Crippen molar-refractivity contribution >= 4 is 11.6 Å². The van der Waals surface area contributed by atoms with Crippen LogP contribution in [0.4, 0.5) is 4.39 Å². The van der Waals surface area contributed by atoms with Crippen molar-refractivity contribution in [2.45, 2.75) is 13.0 Å². The van der Waals surface area contributed by atoms with Gasteiger partial charge in [-0.05, 0) is 18.6 Å². The molecular formula is C10H11ClFN3. The van der Waals surface area contributed by atoms with E-state index in [0.29, 0.717) is 18.2 Å². The summed E-state index contributed by atoms with van der Waals surface area (Å²) >= 11 is 5.62. The summed E-state index contributed by atoms with van der Waals surface area (Å²) in [5.41, 5.74) is 0.814. The van der Waals surface area contributed by atoms with Gasteiger partial charge in [-0.25, -0.2) is 4.39 Å². The normalized spacial score (nSPS) is 17.6. The van der Waals surface area contributed by atoms with Crippen molar-refractivity contribution < 1.29 is 4.39 Å². The molecule has 1 aliphatic rings. The van der Waals surface area contributed by atoms with Gasteiger partial charge in [-0.15, -0.1) is 5.10 Å². The number of rotatable bonds is 2. The molecule has 0 radical (unpaired) electrons. The minimum absolute atomic E-state index is 0.0665. The Bertz CT molecular complexity index is 363. The van der Waals surface area contributed by atoms with Crippen molar-refractivity contribution in [2.24, 2.45) is 0 Å². The van der Waals surface area contributed by atoms with Gasteiger partial charge in [0.15, 0.2) is 5.15 Å². The highest BCUT2D eigenvalue weighted by Crippen LogP contribution is 2.13. The molecule has 3 nitrogen and oxygen atoms in total. The molecule has 15 heavy (non-hydrogen) atoms. The van der Waals surface area contributed by atoms with Crippen LogP contribution in [0, 0.1) is 0 Å². The molecule has 0 saturated heterocycles. The fraction of sp³-hybridized carbons (Fsp3) is 0.400. The Kier molecular flexibility index (Phi) is 3.28. The molecule has 0 aromatic carbocycles. The lowest BCUT2D eigenvalue weighted by Gasteiger charge is -2.23. The summed E-state index contributed by atoms with van der Waals surface area (Å²) in [6.45, 7) is 1.84. The zero-order valence-electron chi connectivity index (χ0n) is 8.16. The molecule has 2 rings (SSSR count). The van der Waals surface area contributed by atoms with Gasteiger partial charge in [0.1, 0.15) is 5.83 Å². The standard InChI is InChI=1S/C10H11ClFN3/c11-10-4-3-9(13-14-10)7-15-5-1-2-8(12)6-15/h2-4H,1,5-7H2. The maximum absolute atomic E-state index is 13.0. The zero-order valence-corrected chi connectivity index (χ0v) is 8.91.